The summed E-state index contributed by atoms with van der Waals surface area (Å²) < 4.78 is 9.19. The molecule has 16 heavy (non-hydrogen) atoms. The summed E-state index contributed by atoms with van der Waals surface area (Å²) in [5.74, 6) is 0.377. The first-order valence-corrected chi connectivity index (χ1v) is 4.41. The van der Waals surface area contributed by atoms with Crippen molar-refractivity contribution in [2.24, 2.45) is 5.10 Å². The highest BCUT2D eigenvalue weighted by atomic mass is 16.5. The van der Waals surface area contributed by atoms with E-state index in [1.54, 1.807) is 12.1 Å². The number of rotatable bonds is 3. The third kappa shape index (κ3) is 3.16. The number of phenolic OH excluding ortho intramolecular Hbond substituents is 1. The lowest BCUT2D eigenvalue weighted by Crippen LogP contribution is -2.16. The lowest BCUT2D eigenvalue weighted by molar-refractivity contribution is 0.171. The molecular formula is C10H12N2O4. The SMILES string of the molecule is COC(=O)N/N=C/c1ccc(OC)c(O)c1. The fourth-order valence-corrected chi connectivity index (χ4v) is 0.992. The van der Waals surface area contributed by atoms with Gasteiger partial charge in [0.05, 0.1) is 20.4 Å². The third-order valence-corrected chi connectivity index (χ3v) is 1.76. The molecule has 0 aliphatic carbocycles. The van der Waals surface area contributed by atoms with E-state index >= 15 is 0 Å². The van der Waals surface area contributed by atoms with Crippen LogP contribution in [0, 0.1) is 0 Å². The molecule has 6 heteroatoms. The standard InChI is InChI=1S/C10H12N2O4/c1-15-9-4-3-7(5-8(9)13)6-11-12-10(14)16-2/h3-6,13H,1-2H3,(H,12,14)/b11-6+. The number of hydrogen-bond acceptors (Lipinski definition) is 5. The number of amides is 1. The predicted octanol–water partition coefficient (Wildman–Crippen LogP) is 1.09. The zero-order valence-corrected chi connectivity index (χ0v) is 8.93. The molecule has 0 fully saturated rings. The van der Waals surface area contributed by atoms with Crippen molar-refractivity contribution in [3.63, 3.8) is 0 Å². The van der Waals surface area contributed by atoms with Crippen LogP contribution in [0.3, 0.4) is 0 Å². The first-order valence-electron chi connectivity index (χ1n) is 4.41. The first kappa shape index (κ1) is 11.8. The number of methoxy groups -OCH3 is 2. The summed E-state index contributed by atoms with van der Waals surface area (Å²) in [6.45, 7) is 0. The molecule has 0 spiro atoms. The summed E-state index contributed by atoms with van der Waals surface area (Å²) in [4.78, 5) is 10.7. The van der Waals surface area contributed by atoms with Gasteiger partial charge in [0, 0.05) is 0 Å². The van der Waals surface area contributed by atoms with Crippen molar-refractivity contribution >= 4 is 12.3 Å². The Morgan fingerprint density at radius 1 is 1.50 bits per heavy atom. The van der Waals surface area contributed by atoms with E-state index in [4.69, 9.17) is 4.74 Å². The van der Waals surface area contributed by atoms with Gasteiger partial charge in [0.15, 0.2) is 11.5 Å². The topological polar surface area (TPSA) is 80.2 Å². The summed E-state index contributed by atoms with van der Waals surface area (Å²) in [5.41, 5.74) is 2.74. The number of benzene rings is 1. The lowest BCUT2D eigenvalue weighted by Gasteiger charge is -2.02. The van der Waals surface area contributed by atoms with Gasteiger partial charge in [0.2, 0.25) is 0 Å². The molecule has 1 amide bonds. The monoisotopic (exact) mass is 224 g/mol. The smallest absolute Gasteiger partial charge is 0.427 e. The number of carbonyl (C=O) groups is 1. The Balaban J connectivity index is 2.68. The number of nitrogens with one attached hydrogen (secondary N) is 1. The molecule has 0 heterocycles. The van der Waals surface area contributed by atoms with Crippen LogP contribution in [0.2, 0.25) is 0 Å². The van der Waals surface area contributed by atoms with Crippen LogP contribution in [-0.2, 0) is 4.74 Å². The maximum atomic E-state index is 10.7. The predicted molar refractivity (Wildman–Crippen MR) is 57.8 cm³/mol. The summed E-state index contributed by atoms with van der Waals surface area (Å²) in [7, 11) is 2.70. The Bertz CT molecular complexity index is 404. The molecule has 0 radical (unpaired) electrons. The van der Waals surface area contributed by atoms with Gasteiger partial charge in [-0.1, -0.05) is 0 Å². The van der Waals surface area contributed by atoms with Crippen molar-refractivity contribution in [2.45, 2.75) is 0 Å². The summed E-state index contributed by atoms with van der Waals surface area (Å²) in [6, 6.07) is 4.73. The molecule has 0 saturated heterocycles. The maximum absolute atomic E-state index is 10.7. The van der Waals surface area contributed by atoms with Gasteiger partial charge in [0.1, 0.15) is 0 Å². The summed E-state index contributed by atoms with van der Waals surface area (Å²) in [6.07, 6.45) is 0.713. The summed E-state index contributed by atoms with van der Waals surface area (Å²) >= 11 is 0. The average molecular weight is 224 g/mol. The molecule has 0 bridgehead atoms. The number of hydrogen-bond donors (Lipinski definition) is 2. The molecule has 0 aliphatic rings. The van der Waals surface area contributed by atoms with Gasteiger partial charge >= 0.3 is 6.09 Å². The quantitative estimate of drug-likeness (QED) is 0.595. The highest BCUT2D eigenvalue weighted by Gasteiger charge is 2.00. The summed E-state index contributed by atoms with van der Waals surface area (Å²) in [5, 5.41) is 13.1. The molecule has 0 atom stereocenters. The van der Waals surface area contributed by atoms with Crippen LogP contribution >= 0.6 is 0 Å². The normalized spacial score (nSPS) is 10.1. The van der Waals surface area contributed by atoms with E-state index in [1.165, 1.54) is 26.5 Å². The molecule has 0 saturated carbocycles. The van der Waals surface area contributed by atoms with E-state index in [1.807, 2.05) is 0 Å². The molecule has 1 aromatic rings. The van der Waals surface area contributed by atoms with Crippen LogP contribution in [0.4, 0.5) is 4.79 Å². The second-order valence-corrected chi connectivity index (χ2v) is 2.79. The number of nitrogens with zero attached hydrogens (tertiary/aromatic N) is 1. The van der Waals surface area contributed by atoms with Crippen LogP contribution in [-0.4, -0.2) is 31.6 Å². The molecule has 0 aliphatic heterocycles. The Hall–Kier alpha value is -2.24. The highest BCUT2D eigenvalue weighted by Crippen LogP contribution is 2.25. The van der Waals surface area contributed by atoms with Crippen LogP contribution < -0.4 is 10.2 Å². The zero-order chi connectivity index (χ0) is 12.0. The van der Waals surface area contributed by atoms with Crippen molar-refractivity contribution in [3.05, 3.63) is 23.8 Å². The van der Waals surface area contributed by atoms with Crippen molar-refractivity contribution in [1.29, 1.82) is 0 Å². The molecule has 1 rings (SSSR count). The largest absolute Gasteiger partial charge is 0.504 e. The zero-order valence-electron chi connectivity index (χ0n) is 8.93. The molecule has 1 aromatic carbocycles. The van der Waals surface area contributed by atoms with Crippen LogP contribution in [0.1, 0.15) is 5.56 Å². The van der Waals surface area contributed by atoms with E-state index in [0.29, 0.717) is 11.3 Å². The highest BCUT2D eigenvalue weighted by molar-refractivity contribution is 5.81. The number of carbonyl (C=O) groups excluding carboxylic acids is 1. The Morgan fingerprint density at radius 3 is 2.81 bits per heavy atom. The van der Waals surface area contributed by atoms with E-state index in [0.717, 1.165) is 0 Å². The van der Waals surface area contributed by atoms with Crippen molar-refractivity contribution in [1.82, 2.24) is 5.43 Å². The molecule has 0 aromatic heterocycles. The minimum Gasteiger partial charge on any atom is -0.504 e. The van der Waals surface area contributed by atoms with E-state index < -0.39 is 6.09 Å². The second-order valence-electron chi connectivity index (χ2n) is 2.79. The number of phenols is 1. The van der Waals surface area contributed by atoms with Crippen LogP contribution in [0.25, 0.3) is 0 Å². The van der Waals surface area contributed by atoms with Gasteiger partial charge in [-0.3, -0.25) is 0 Å². The second kappa shape index (κ2) is 5.59. The van der Waals surface area contributed by atoms with Gasteiger partial charge in [-0.25, -0.2) is 10.2 Å². The lowest BCUT2D eigenvalue weighted by atomic mass is 10.2. The first-order chi connectivity index (χ1) is 7.67. The van der Waals surface area contributed by atoms with Gasteiger partial charge in [-0.05, 0) is 23.8 Å². The van der Waals surface area contributed by atoms with Gasteiger partial charge in [-0.15, -0.1) is 0 Å². The van der Waals surface area contributed by atoms with Crippen LogP contribution in [0.5, 0.6) is 11.5 Å². The molecule has 0 unspecified atom stereocenters. The van der Waals surface area contributed by atoms with E-state index in [9.17, 15) is 9.90 Å². The number of hydrazone groups is 1. The minimum absolute atomic E-state index is 0.00418. The number of ether oxygens (including phenoxy) is 2. The third-order valence-electron chi connectivity index (χ3n) is 1.76. The Kier molecular flexibility index (Phi) is 4.14. The van der Waals surface area contributed by atoms with Gasteiger partial charge < -0.3 is 14.6 Å². The van der Waals surface area contributed by atoms with Crippen molar-refractivity contribution < 1.29 is 19.4 Å². The van der Waals surface area contributed by atoms with Crippen molar-refractivity contribution in [3.8, 4) is 11.5 Å². The fraction of sp³-hybridized carbons (Fsp3) is 0.200. The molecule has 2 N–H and O–H groups in total. The minimum atomic E-state index is -0.658. The van der Waals surface area contributed by atoms with E-state index in [2.05, 4.69) is 15.3 Å². The van der Waals surface area contributed by atoms with E-state index in [-0.39, 0.29) is 5.75 Å². The maximum Gasteiger partial charge on any atom is 0.427 e. The molecule has 86 valence electrons. The fourth-order valence-electron chi connectivity index (χ4n) is 0.992. The average Bonchev–Trinajstić information content (AvgIpc) is 2.29. The van der Waals surface area contributed by atoms with Crippen molar-refractivity contribution in [2.75, 3.05) is 14.2 Å². The Morgan fingerprint density at radius 2 is 2.25 bits per heavy atom. The Labute approximate surface area is 92.5 Å². The van der Waals surface area contributed by atoms with Crippen LogP contribution in [0.15, 0.2) is 23.3 Å². The van der Waals surface area contributed by atoms with Gasteiger partial charge in [0.25, 0.3) is 0 Å². The molecule has 6 nitrogen and oxygen atoms in total. The molecular weight excluding hydrogens is 212 g/mol. The van der Waals surface area contributed by atoms with Gasteiger partial charge in [-0.2, -0.15) is 5.10 Å². The number of aromatic hydroxyl groups is 1.